The molecule has 0 atom stereocenters. The molecule has 0 radical (unpaired) electrons. The first-order valence-corrected chi connectivity index (χ1v) is 11.0. The molecule has 8 heteroatoms. The number of amides is 1. The van der Waals surface area contributed by atoms with Crippen LogP contribution in [0.2, 0.25) is 0 Å². The molecule has 0 saturated heterocycles. The first-order valence-electron chi connectivity index (χ1n) is 9.38. The van der Waals surface area contributed by atoms with Crippen LogP contribution >= 0.6 is 0 Å². The molecule has 0 aliphatic heterocycles. The molecule has 3 rings (SSSR count). The molecular formula is C19H26N2O5S. The van der Waals surface area contributed by atoms with E-state index in [1.165, 1.54) is 25.0 Å². The van der Waals surface area contributed by atoms with E-state index >= 15 is 0 Å². The van der Waals surface area contributed by atoms with Gasteiger partial charge in [-0.05, 0) is 49.8 Å². The Morgan fingerprint density at radius 2 is 1.96 bits per heavy atom. The van der Waals surface area contributed by atoms with E-state index in [1.807, 2.05) is 4.90 Å². The summed E-state index contributed by atoms with van der Waals surface area (Å²) in [6.45, 7) is 2.43. The summed E-state index contributed by atoms with van der Waals surface area (Å²) >= 11 is 0. The van der Waals surface area contributed by atoms with Crippen molar-refractivity contribution in [3.63, 3.8) is 0 Å². The van der Waals surface area contributed by atoms with Gasteiger partial charge in [-0.25, -0.2) is 8.42 Å². The molecule has 1 aromatic rings. The van der Waals surface area contributed by atoms with Crippen LogP contribution < -0.4 is 5.32 Å². The number of nitrogens with one attached hydrogen (secondary N) is 1. The van der Waals surface area contributed by atoms with Crippen molar-refractivity contribution in [2.45, 2.75) is 49.6 Å². The number of carboxylic acid groups (broad SMARTS) is 1. The van der Waals surface area contributed by atoms with Gasteiger partial charge < -0.3 is 10.4 Å². The third kappa shape index (κ3) is 5.07. The maximum Gasteiger partial charge on any atom is 0.317 e. The summed E-state index contributed by atoms with van der Waals surface area (Å²) in [6.07, 6.45) is 3.78. The van der Waals surface area contributed by atoms with Crippen LogP contribution in [0.25, 0.3) is 0 Å². The Morgan fingerprint density at radius 3 is 2.56 bits per heavy atom. The van der Waals surface area contributed by atoms with Gasteiger partial charge in [0.15, 0.2) is 9.84 Å². The van der Waals surface area contributed by atoms with Gasteiger partial charge in [-0.15, -0.1) is 0 Å². The van der Waals surface area contributed by atoms with Gasteiger partial charge in [-0.2, -0.15) is 0 Å². The van der Waals surface area contributed by atoms with Gasteiger partial charge in [-0.3, -0.25) is 14.5 Å². The van der Waals surface area contributed by atoms with Crippen molar-refractivity contribution in [3.05, 3.63) is 29.8 Å². The standard InChI is InChI=1S/C19H26N2O5S/c1-2-27(25,26)17-5-3-4-14(8-17)19(24)20-15-9-16(10-15)21(12-18(22)23)11-13-6-7-13/h3-5,8,13,15-16H,2,6-7,9-12H2,1H3,(H,20,24)(H,22,23). The minimum atomic E-state index is -3.35. The van der Waals surface area contributed by atoms with Crippen molar-refractivity contribution >= 4 is 21.7 Å². The maximum absolute atomic E-state index is 12.4. The lowest BCUT2D eigenvalue weighted by Crippen LogP contribution is -2.55. The molecule has 7 nitrogen and oxygen atoms in total. The molecule has 0 unspecified atom stereocenters. The van der Waals surface area contributed by atoms with Crippen LogP contribution in [0.1, 0.15) is 43.0 Å². The molecule has 148 valence electrons. The van der Waals surface area contributed by atoms with Gasteiger partial charge in [0, 0.05) is 24.2 Å². The second-order valence-corrected chi connectivity index (χ2v) is 9.77. The number of rotatable bonds is 9. The van der Waals surface area contributed by atoms with Crippen molar-refractivity contribution in [1.29, 1.82) is 0 Å². The molecule has 1 aromatic carbocycles. The van der Waals surface area contributed by atoms with E-state index in [0.29, 0.717) is 11.5 Å². The topological polar surface area (TPSA) is 104 Å². The fraction of sp³-hybridized carbons (Fsp3) is 0.579. The van der Waals surface area contributed by atoms with Crippen LogP contribution in [-0.4, -0.2) is 61.2 Å². The number of hydrogen-bond acceptors (Lipinski definition) is 5. The number of aliphatic carboxylic acids is 1. The van der Waals surface area contributed by atoms with Crippen LogP contribution in [0.4, 0.5) is 0 Å². The molecule has 0 spiro atoms. The van der Waals surface area contributed by atoms with E-state index in [9.17, 15) is 18.0 Å². The first-order chi connectivity index (χ1) is 12.8. The Labute approximate surface area is 159 Å². The lowest BCUT2D eigenvalue weighted by atomic mass is 9.85. The van der Waals surface area contributed by atoms with E-state index < -0.39 is 15.8 Å². The average molecular weight is 394 g/mol. The normalized spacial score (nSPS) is 22.3. The molecule has 2 fully saturated rings. The lowest BCUT2D eigenvalue weighted by Gasteiger charge is -2.42. The zero-order chi connectivity index (χ0) is 19.6. The number of nitrogens with zero attached hydrogens (tertiary/aromatic N) is 1. The molecule has 1 amide bonds. The van der Waals surface area contributed by atoms with Crippen LogP contribution in [0.15, 0.2) is 29.2 Å². The molecule has 2 N–H and O–H groups in total. The highest BCUT2D eigenvalue weighted by Gasteiger charge is 2.37. The SMILES string of the molecule is CCS(=O)(=O)c1cccc(C(=O)NC2CC(N(CC(=O)O)CC3CC3)C2)c1. The third-order valence-corrected chi connectivity index (χ3v) is 7.06. The summed E-state index contributed by atoms with van der Waals surface area (Å²) in [4.78, 5) is 25.7. The first kappa shape index (κ1) is 19.8. The summed E-state index contributed by atoms with van der Waals surface area (Å²) < 4.78 is 24.0. The van der Waals surface area contributed by atoms with Gasteiger partial charge in [0.2, 0.25) is 0 Å². The number of carbonyl (C=O) groups is 2. The summed E-state index contributed by atoms with van der Waals surface area (Å²) in [5.41, 5.74) is 0.327. The van der Waals surface area contributed by atoms with Gasteiger partial charge >= 0.3 is 5.97 Å². The monoisotopic (exact) mass is 394 g/mol. The summed E-state index contributed by atoms with van der Waals surface area (Å²) in [5, 5.41) is 12.0. The number of carboxylic acids is 1. The van der Waals surface area contributed by atoms with E-state index in [-0.39, 0.29) is 35.2 Å². The highest BCUT2D eigenvalue weighted by atomic mass is 32.2. The van der Waals surface area contributed by atoms with Gasteiger partial charge in [0.05, 0.1) is 17.2 Å². The number of carbonyl (C=O) groups excluding carboxylic acids is 1. The molecule has 2 aliphatic carbocycles. The Kier molecular flexibility index (Phi) is 5.86. The molecule has 0 bridgehead atoms. The Hall–Kier alpha value is -1.93. The summed E-state index contributed by atoms with van der Waals surface area (Å²) in [6, 6.07) is 6.25. The highest BCUT2D eigenvalue weighted by molar-refractivity contribution is 7.91. The quantitative estimate of drug-likeness (QED) is 0.658. The van der Waals surface area contributed by atoms with Gasteiger partial charge in [-0.1, -0.05) is 13.0 Å². The predicted octanol–water partition coefficient (Wildman–Crippen LogP) is 1.54. The van der Waals surface area contributed by atoms with E-state index in [4.69, 9.17) is 5.11 Å². The molecule has 27 heavy (non-hydrogen) atoms. The van der Waals surface area contributed by atoms with Crippen molar-refractivity contribution < 1.29 is 23.1 Å². The smallest absolute Gasteiger partial charge is 0.317 e. The van der Waals surface area contributed by atoms with Crippen LogP contribution in [0.3, 0.4) is 0 Å². The van der Waals surface area contributed by atoms with Crippen molar-refractivity contribution in [1.82, 2.24) is 10.2 Å². The maximum atomic E-state index is 12.4. The van der Waals surface area contributed by atoms with Gasteiger partial charge in [0.1, 0.15) is 0 Å². The molecular weight excluding hydrogens is 368 g/mol. The zero-order valence-electron chi connectivity index (χ0n) is 15.4. The second kappa shape index (κ2) is 7.98. The number of benzene rings is 1. The summed E-state index contributed by atoms with van der Waals surface area (Å²) in [7, 11) is -3.35. The lowest BCUT2D eigenvalue weighted by molar-refractivity contribution is -0.139. The van der Waals surface area contributed by atoms with Crippen LogP contribution in [0, 0.1) is 5.92 Å². The minimum Gasteiger partial charge on any atom is -0.480 e. The largest absolute Gasteiger partial charge is 0.480 e. The molecule has 0 heterocycles. The molecule has 0 aromatic heterocycles. The minimum absolute atomic E-state index is 0.00978. The van der Waals surface area contributed by atoms with E-state index in [1.54, 1.807) is 19.1 Å². The predicted molar refractivity (Wildman–Crippen MR) is 100 cm³/mol. The van der Waals surface area contributed by atoms with Gasteiger partial charge in [0.25, 0.3) is 5.91 Å². The van der Waals surface area contributed by atoms with Crippen molar-refractivity contribution in [2.75, 3.05) is 18.8 Å². The van der Waals surface area contributed by atoms with E-state index in [0.717, 1.165) is 19.4 Å². The van der Waals surface area contributed by atoms with Crippen molar-refractivity contribution in [3.8, 4) is 0 Å². The fourth-order valence-electron chi connectivity index (χ4n) is 3.42. The Bertz CT molecular complexity index is 813. The average Bonchev–Trinajstić information content (AvgIpc) is 3.40. The van der Waals surface area contributed by atoms with Crippen LogP contribution in [0.5, 0.6) is 0 Å². The van der Waals surface area contributed by atoms with Crippen molar-refractivity contribution in [2.24, 2.45) is 5.92 Å². The molecule has 2 aliphatic rings. The second-order valence-electron chi connectivity index (χ2n) is 7.49. The van der Waals surface area contributed by atoms with Crippen LogP contribution in [-0.2, 0) is 14.6 Å². The van der Waals surface area contributed by atoms with E-state index in [2.05, 4.69) is 5.32 Å². The fourth-order valence-corrected chi connectivity index (χ4v) is 4.34. The number of sulfone groups is 1. The molecule has 2 saturated carbocycles. The summed E-state index contributed by atoms with van der Waals surface area (Å²) in [5.74, 6) is -0.514. The number of hydrogen-bond donors (Lipinski definition) is 2. The third-order valence-electron chi connectivity index (χ3n) is 5.33. The highest BCUT2D eigenvalue weighted by Crippen LogP contribution is 2.33. The zero-order valence-corrected chi connectivity index (χ0v) is 16.2. The Balaban J connectivity index is 1.55. The Morgan fingerprint density at radius 1 is 1.26 bits per heavy atom.